The third-order valence-electron chi connectivity index (χ3n) is 7.84. The van der Waals surface area contributed by atoms with E-state index < -0.39 is 11.0 Å². The van der Waals surface area contributed by atoms with E-state index in [4.69, 9.17) is 4.74 Å². The van der Waals surface area contributed by atoms with Gasteiger partial charge in [0.15, 0.2) is 0 Å². The first-order chi connectivity index (χ1) is 15.4. The molecule has 35 heavy (non-hydrogen) atoms. The van der Waals surface area contributed by atoms with Crippen LogP contribution in [0.3, 0.4) is 0 Å². The number of carbonyl (C=O) groups excluding carboxylic acids is 1. The maximum atomic E-state index is 13.4. The third kappa shape index (κ3) is 9.47. The van der Waals surface area contributed by atoms with Crippen LogP contribution < -0.4 is 0 Å². The Balaban J connectivity index is 3.19. The van der Waals surface area contributed by atoms with Crippen molar-refractivity contribution in [3.8, 4) is 5.75 Å². The van der Waals surface area contributed by atoms with Crippen molar-refractivity contribution in [2.24, 2.45) is 27.1 Å². The molecule has 2 atom stereocenters. The zero-order valence-electron chi connectivity index (χ0n) is 25.5. The number of hydrogen-bond donors (Lipinski definition) is 1. The van der Waals surface area contributed by atoms with Crippen molar-refractivity contribution in [2.75, 3.05) is 0 Å². The third-order valence-corrected chi connectivity index (χ3v) is 7.84. The van der Waals surface area contributed by atoms with Gasteiger partial charge < -0.3 is 9.84 Å². The molecule has 0 heterocycles. The number of benzene rings is 1. The van der Waals surface area contributed by atoms with Gasteiger partial charge in [-0.15, -0.1) is 0 Å². The normalized spacial score (nSPS) is 16.5. The Kier molecular flexibility index (Phi) is 9.42. The number of aromatic hydroxyl groups is 1. The van der Waals surface area contributed by atoms with Crippen molar-refractivity contribution >= 4 is 5.97 Å². The molecule has 3 heteroatoms. The van der Waals surface area contributed by atoms with Gasteiger partial charge >= 0.3 is 5.97 Å². The summed E-state index contributed by atoms with van der Waals surface area (Å²) >= 11 is 0. The summed E-state index contributed by atoms with van der Waals surface area (Å²) in [5.41, 5.74) is 0.201. The Labute approximate surface area is 217 Å². The predicted octanol–water partition coefficient (Wildman–Crippen LogP) is 9.53. The molecule has 0 bridgehead atoms. The smallest absolute Gasteiger partial charge is 0.312 e. The van der Waals surface area contributed by atoms with Crippen LogP contribution in [0.15, 0.2) is 24.3 Å². The van der Waals surface area contributed by atoms with Crippen molar-refractivity contribution in [3.63, 3.8) is 0 Å². The minimum absolute atomic E-state index is 0.0303. The van der Waals surface area contributed by atoms with Crippen LogP contribution in [-0.4, -0.2) is 16.7 Å². The predicted molar refractivity (Wildman–Crippen MR) is 150 cm³/mol. The van der Waals surface area contributed by atoms with Crippen molar-refractivity contribution in [3.05, 3.63) is 29.8 Å². The number of phenolic OH excluding ortho intramolecular Hbond substituents is 1. The van der Waals surface area contributed by atoms with Gasteiger partial charge in [-0.05, 0) is 98.7 Å². The Morgan fingerprint density at radius 2 is 1.29 bits per heavy atom. The van der Waals surface area contributed by atoms with Crippen molar-refractivity contribution in [1.29, 1.82) is 0 Å². The van der Waals surface area contributed by atoms with E-state index >= 15 is 0 Å². The zero-order chi connectivity index (χ0) is 27.7. The highest BCUT2D eigenvalue weighted by Crippen LogP contribution is 2.52. The van der Waals surface area contributed by atoms with Crippen LogP contribution in [0.25, 0.3) is 0 Å². The molecule has 0 aromatic heterocycles. The Morgan fingerprint density at radius 3 is 1.69 bits per heavy atom. The number of phenols is 1. The molecule has 1 aromatic rings. The highest BCUT2D eigenvalue weighted by atomic mass is 16.6. The maximum absolute atomic E-state index is 13.4. The largest absolute Gasteiger partial charge is 0.508 e. The van der Waals surface area contributed by atoms with Gasteiger partial charge in [0.05, 0.1) is 5.41 Å². The summed E-state index contributed by atoms with van der Waals surface area (Å²) in [5.74, 6) is 0.587. The standard InChI is InChI=1S/C32H56O3/c1-27(2,3)21-25(23-15-17-24(33)18-16-23)31(12,13)20-19-30(10,11)22-32(14,28(4,5)6)26(34)35-29(7,8)9/h15-18,25,33H,19-22H2,1-14H3. The second-order valence-corrected chi connectivity index (χ2v) is 15.8. The van der Waals surface area contributed by atoms with Crippen LogP contribution in [-0.2, 0) is 9.53 Å². The lowest BCUT2D eigenvalue weighted by atomic mass is 9.58. The molecular formula is C32H56O3. The summed E-state index contributed by atoms with van der Waals surface area (Å²) in [4.78, 5) is 13.4. The van der Waals surface area contributed by atoms with Crippen LogP contribution in [0.2, 0.25) is 0 Å². The van der Waals surface area contributed by atoms with E-state index in [1.807, 2.05) is 20.8 Å². The molecule has 0 saturated heterocycles. The van der Waals surface area contributed by atoms with Gasteiger partial charge in [-0.25, -0.2) is 0 Å². The van der Waals surface area contributed by atoms with Crippen molar-refractivity contribution in [2.45, 2.75) is 134 Å². The SMILES string of the molecule is CC(C)(C)CC(c1ccc(O)cc1)C(C)(C)CCC(C)(C)CC(C)(C(=O)OC(C)(C)C)C(C)(C)C. The highest BCUT2D eigenvalue weighted by Gasteiger charge is 2.49. The van der Waals surface area contributed by atoms with Crippen LogP contribution >= 0.6 is 0 Å². The molecule has 0 aliphatic heterocycles. The molecule has 202 valence electrons. The summed E-state index contributed by atoms with van der Waals surface area (Å²) in [5, 5.41) is 9.84. The molecule has 1 aromatic carbocycles. The quantitative estimate of drug-likeness (QED) is 0.352. The summed E-state index contributed by atoms with van der Waals surface area (Å²) in [6, 6.07) is 7.77. The Bertz CT molecular complexity index is 826. The van der Waals surface area contributed by atoms with Gasteiger partial charge in [-0.1, -0.05) is 81.4 Å². The van der Waals surface area contributed by atoms with Crippen molar-refractivity contribution < 1.29 is 14.6 Å². The van der Waals surface area contributed by atoms with Gasteiger partial charge in [-0.3, -0.25) is 4.79 Å². The second kappa shape index (κ2) is 10.5. The topological polar surface area (TPSA) is 46.5 Å². The lowest BCUT2D eigenvalue weighted by Crippen LogP contribution is -2.47. The fourth-order valence-corrected chi connectivity index (χ4v) is 5.08. The lowest BCUT2D eigenvalue weighted by Gasteiger charge is -2.46. The fourth-order valence-electron chi connectivity index (χ4n) is 5.08. The molecule has 0 aliphatic rings. The molecule has 0 amide bonds. The number of ether oxygens (including phenoxy) is 1. The Hall–Kier alpha value is -1.51. The molecule has 0 aliphatic carbocycles. The van der Waals surface area contributed by atoms with Gasteiger partial charge in [0, 0.05) is 0 Å². The average molecular weight is 489 g/mol. The number of rotatable bonds is 9. The van der Waals surface area contributed by atoms with E-state index in [0.29, 0.717) is 11.7 Å². The average Bonchev–Trinajstić information content (AvgIpc) is 2.62. The molecule has 0 radical (unpaired) electrons. The summed E-state index contributed by atoms with van der Waals surface area (Å²) in [6.45, 7) is 30.7. The first-order valence-electron chi connectivity index (χ1n) is 13.4. The Morgan fingerprint density at radius 1 is 0.800 bits per heavy atom. The van der Waals surface area contributed by atoms with Crippen molar-refractivity contribution in [1.82, 2.24) is 0 Å². The van der Waals surface area contributed by atoms with Gasteiger partial charge in [0.25, 0.3) is 0 Å². The van der Waals surface area contributed by atoms with Crippen LogP contribution in [0.4, 0.5) is 0 Å². The summed E-state index contributed by atoms with van der Waals surface area (Å²) in [7, 11) is 0. The lowest BCUT2D eigenvalue weighted by molar-refractivity contribution is -0.176. The summed E-state index contributed by atoms with van der Waals surface area (Å²) < 4.78 is 5.92. The first-order valence-corrected chi connectivity index (χ1v) is 13.4. The van der Waals surface area contributed by atoms with E-state index in [1.54, 1.807) is 12.1 Å². The van der Waals surface area contributed by atoms with Gasteiger partial charge in [-0.2, -0.15) is 0 Å². The number of carbonyl (C=O) groups is 1. The second-order valence-electron chi connectivity index (χ2n) is 15.8. The fraction of sp³-hybridized carbons (Fsp3) is 0.781. The minimum Gasteiger partial charge on any atom is -0.508 e. The summed E-state index contributed by atoms with van der Waals surface area (Å²) in [6.07, 6.45) is 3.92. The van der Waals surface area contributed by atoms with Crippen LogP contribution in [0.1, 0.15) is 134 Å². The molecule has 3 nitrogen and oxygen atoms in total. The highest BCUT2D eigenvalue weighted by molar-refractivity contribution is 5.77. The van der Waals surface area contributed by atoms with E-state index in [9.17, 15) is 9.90 Å². The maximum Gasteiger partial charge on any atom is 0.312 e. The van der Waals surface area contributed by atoms with E-state index in [0.717, 1.165) is 25.7 Å². The molecule has 1 rings (SSSR count). The zero-order valence-corrected chi connectivity index (χ0v) is 25.5. The monoisotopic (exact) mass is 488 g/mol. The first kappa shape index (κ1) is 31.5. The molecule has 0 fully saturated rings. The number of esters is 1. The minimum atomic E-state index is -0.588. The van der Waals surface area contributed by atoms with Crippen LogP contribution in [0.5, 0.6) is 5.75 Å². The molecular weight excluding hydrogens is 432 g/mol. The molecule has 0 saturated carbocycles. The van der Waals surface area contributed by atoms with Gasteiger partial charge in [0.2, 0.25) is 0 Å². The number of hydrogen-bond acceptors (Lipinski definition) is 3. The molecule has 2 unspecified atom stereocenters. The van der Waals surface area contributed by atoms with Gasteiger partial charge in [0.1, 0.15) is 11.4 Å². The van der Waals surface area contributed by atoms with E-state index in [-0.39, 0.29) is 27.6 Å². The van der Waals surface area contributed by atoms with E-state index in [1.165, 1.54) is 5.56 Å². The molecule has 0 spiro atoms. The van der Waals surface area contributed by atoms with Crippen LogP contribution in [0, 0.1) is 27.1 Å². The molecule has 1 N–H and O–H groups in total. The van der Waals surface area contributed by atoms with E-state index in [2.05, 4.69) is 88.3 Å².